The molecule has 2 N–H and O–H groups in total. The molecule has 1 aliphatic heterocycles. The molecule has 0 bridgehead atoms. The number of nitrogens with zero attached hydrogens (tertiary/aromatic N) is 3. The Kier molecular flexibility index (Phi) is 5.95. The Morgan fingerprint density at radius 3 is 2.72 bits per heavy atom. The number of aryl methyl sites for hydroxylation is 1. The standard InChI is InChI=1S/C15H16F3N5O4S2/c1-9-4-11(6-20-13(9)22-10-2-3-19-5-10)29(25,26)23(12-7-28-8-21-12)27-14(24)15(16,17)18/h4,6-8,10,19H,2-3,5H2,1H3,(H,20,22)/t10-/m0/s1. The van der Waals surface area contributed by atoms with E-state index in [-0.39, 0.29) is 10.5 Å². The molecule has 1 atom stereocenters. The fourth-order valence-electron chi connectivity index (χ4n) is 2.55. The van der Waals surface area contributed by atoms with E-state index in [2.05, 4.69) is 25.4 Å². The van der Waals surface area contributed by atoms with E-state index in [1.165, 1.54) is 11.6 Å². The number of rotatable bonds is 6. The lowest BCUT2D eigenvalue weighted by Gasteiger charge is -2.21. The van der Waals surface area contributed by atoms with Crippen LogP contribution in [-0.4, -0.2) is 49.7 Å². The van der Waals surface area contributed by atoms with Crippen LogP contribution >= 0.6 is 11.3 Å². The fourth-order valence-corrected chi connectivity index (χ4v) is 4.34. The molecule has 0 amide bonds. The summed E-state index contributed by atoms with van der Waals surface area (Å²) in [7, 11) is -4.71. The lowest BCUT2D eigenvalue weighted by molar-refractivity contribution is -0.199. The molecule has 1 aliphatic rings. The average molecular weight is 451 g/mol. The summed E-state index contributed by atoms with van der Waals surface area (Å²) >= 11 is 0.916. The van der Waals surface area contributed by atoms with Crippen molar-refractivity contribution in [2.75, 3.05) is 22.9 Å². The smallest absolute Gasteiger partial charge is 0.366 e. The zero-order valence-corrected chi connectivity index (χ0v) is 16.6. The van der Waals surface area contributed by atoms with Gasteiger partial charge in [0.15, 0.2) is 5.82 Å². The van der Waals surface area contributed by atoms with Crippen LogP contribution in [0.4, 0.5) is 24.8 Å². The second-order valence-corrected chi connectivity index (χ2v) is 8.60. The Balaban J connectivity index is 1.91. The maximum Gasteiger partial charge on any atom is 0.493 e. The van der Waals surface area contributed by atoms with Gasteiger partial charge in [0.05, 0.1) is 5.51 Å². The number of thiazole rings is 1. The van der Waals surface area contributed by atoms with Crippen LogP contribution in [0.2, 0.25) is 0 Å². The molecule has 158 valence electrons. The Morgan fingerprint density at radius 2 is 2.17 bits per heavy atom. The second kappa shape index (κ2) is 8.12. The van der Waals surface area contributed by atoms with Crippen LogP contribution < -0.4 is 15.1 Å². The summed E-state index contributed by atoms with van der Waals surface area (Å²) in [4.78, 5) is 22.6. The summed E-state index contributed by atoms with van der Waals surface area (Å²) in [5, 5.41) is 7.47. The Bertz CT molecular complexity index is 976. The van der Waals surface area contributed by atoms with Crippen molar-refractivity contribution in [2.24, 2.45) is 0 Å². The molecule has 0 aliphatic carbocycles. The number of anilines is 2. The van der Waals surface area contributed by atoms with Crippen molar-refractivity contribution in [2.45, 2.75) is 30.5 Å². The molecule has 9 nitrogen and oxygen atoms in total. The van der Waals surface area contributed by atoms with Crippen LogP contribution in [0, 0.1) is 6.92 Å². The van der Waals surface area contributed by atoms with Crippen LogP contribution in [0.1, 0.15) is 12.0 Å². The van der Waals surface area contributed by atoms with E-state index >= 15 is 0 Å². The van der Waals surface area contributed by atoms with Crippen molar-refractivity contribution in [1.29, 1.82) is 0 Å². The molecule has 3 rings (SSSR count). The van der Waals surface area contributed by atoms with Gasteiger partial charge in [-0.2, -0.15) is 21.6 Å². The van der Waals surface area contributed by atoms with Gasteiger partial charge in [0, 0.05) is 24.2 Å². The van der Waals surface area contributed by atoms with E-state index in [0.29, 0.717) is 11.4 Å². The third kappa shape index (κ3) is 4.76. The molecule has 2 aromatic rings. The largest absolute Gasteiger partial charge is 0.493 e. The van der Waals surface area contributed by atoms with Crippen molar-refractivity contribution in [1.82, 2.24) is 15.3 Å². The first-order valence-electron chi connectivity index (χ1n) is 8.25. The zero-order chi connectivity index (χ0) is 21.2. The van der Waals surface area contributed by atoms with E-state index in [4.69, 9.17) is 0 Å². The molecular formula is C15H16F3N5O4S2. The highest BCUT2D eigenvalue weighted by molar-refractivity contribution is 7.92. The number of hydrogen-bond acceptors (Lipinski definition) is 9. The molecule has 0 saturated carbocycles. The van der Waals surface area contributed by atoms with E-state index in [9.17, 15) is 26.4 Å². The summed E-state index contributed by atoms with van der Waals surface area (Å²) in [6.45, 7) is 3.17. The van der Waals surface area contributed by atoms with Crippen molar-refractivity contribution in [3.05, 3.63) is 28.7 Å². The minimum absolute atomic E-state index is 0.128. The average Bonchev–Trinajstić information content (AvgIpc) is 3.33. The summed E-state index contributed by atoms with van der Waals surface area (Å²) < 4.78 is 63.4. The van der Waals surface area contributed by atoms with E-state index in [1.807, 2.05) is 0 Å². The number of hydrogen-bond donors (Lipinski definition) is 2. The Morgan fingerprint density at radius 1 is 1.41 bits per heavy atom. The van der Waals surface area contributed by atoms with Gasteiger partial charge in [-0.05, 0) is 31.5 Å². The third-order valence-electron chi connectivity index (χ3n) is 3.97. The molecule has 29 heavy (non-hydrogen) atoms. The SMILES string of the molecule is Cc1cc(S(=O)(=O)N(OC(=O)C(F)(F)F)c2cscn2)cnc1N[C@H]1CCNC1. The quantitative estimate of drug-likeness (QED) is 0.640. The maximum atomic E-state index is 12.9. The van der Waals surface area contributed by atoms with Crippen molar-refractivity contribution in [3.63, 3.8) is 0 Å². The van der Waals surface area contributed by atoms with Gasteiger partial charge in [0.25, 0.3) is 10.0 Å². The van der Waals surface area contributed by atoms with Gasteiger partial charge in [-0.25, -0.2) is 14.8 Å². The predicted molar refractivity (Wildman–Crippen MR) is 97.8 cm³/mol. The van der Waals surface area contributed by atoms with Crippen LogP contribution in [0.5, 0.6) is 0 Å². The van der Waals surface area contributed by atoms with Crippen LogP contribution in [0.25, 0.3) is 0 Å². The number of sulfonamides is 1. The molecule has 3 heterocycles. The van der Waals surface area contributed by atoms with Gasteiger partial charge in [0.1, 0.15) is 10.7 Å². The Hall–Kier alpha value is -2.45. The van der Waals surface area contributed by atoms with Gasteiger partial charge >= 0.3 is 12.1 Å². The number of aromatic nitrogens is 2. The number of pyridine rings is 1. The summed E-state index contributed by atoms with van der Waals surface area (Å²) in [6, 6.07) is 1.36. The van der Waals surface area contributed by atoms with E-state index in [0.717, 1.165) is 42.4 Å². The number of halogens is 3. The zero-order valence-electron chi connectivity index (χ0n) is 14.9. The minimum atomic E-state index is -5.39. The van der Waals surface area contributed by atoms with Crippen LogP contribution in [0.15, 0.2) is 28.0 Å². The van der Waals surface area contributed by atoms with Gasteiger partial charge in [-0.3, -0.25) is 0 Å². The molecule has 1 saturated heterocycles. The van der Waals surface area contributed by atoms with Crippen molar-refractivity contribution < 1.29 is 31.2 Å². The molecular weight excluding hydrogens is 435 g/mol. The van der Waals surface area contributed by atoms with Crippen molar-refractivity contribution >= 4 is 39.0 Å². The number of carbonyl (C=O) groups excluding carboxylic acids is 1. The molecule has 1 fully saturated rings. The summed E-state index contributed by atoms with van der Waals surface area (Å²) in [5.41, 5.74) is 1.64. The third-order valence-corrected chi connectivity index (χ3v) is 6.07. The summed E-state index contributed by atoms with van der Waals surface area (Å²) in [6.07, 6.45) is -3.54. The number of nitrogens with one attached hydrogen (secondary N) is 2. The first-order valence-corrected chi connectivity index (χ1v) is 10.6. The minimum Gasteiger partial charge on any atom is -0.366 e. The van der Waals surface area contributed by atoms with Crippen LogP contribution in [0.3, 0.4) is 0 Å². The number of carbonyl (C=O) groups is 1. The molecule has 0 spiro atoms. The second-order valence-electron chi connectivity index (χ2n) is 6.13. The normalized spacial score (nSPS) is 17.2. The van der Waals surface area contributed by atoms with Gasteiger partial charge < -0.3 is 15.5 Å². The molecule has 14 heteroatoms. The predicted octanol–water partition coefficient (Wildman–Crippen LogP) is 1.84. The first-order chi connectivity index (χ1) is 13.6. The topological polar surface area (TPSA) is 114 Å². The Labute approximate surface area is 167 Å². The highest BCUT2D eigenvalue weighted by Gasteiger charge is 2.45. The molecule has 0 radical (unpaired) electrons. The monoisotopic (exact) mass is 451 g/mol. The van der Waals surface area contributed by atoms with Gasteiger partial charge in [-0.1, -0.05) is 4.47 Å². The highest BCUT2D eigenvalue weighted by atomic mass is 32.2. The van der Waals surface area contributed by atoms with E-state index < -0.39 is 32.9 Å². The lowest BCUT2D eigenvalue weighted by Crippen LogP contribution is -2.39. The first kappa shape index (κ1) is 21.3. The fraction of sp³-hybridized carbons (Fsp3) is 0.400. The molecule has 0 aromatic carbocycles. The molecule has 2 aromatic heterocycles. The van der Waals surface area contributed by atoms with E-state index in [1.54, 1.807) is 6.92 Å². The highest BCUT2D eigenvalue weighted by Crippen LogP contribution is 2.28. The summed E-state index contributed by atoms with van der Waals surface area (Å²) in [5.74, 6) is -2.72. The van der Waals surface area contributed by atoms with Gasteiger partial charge in [0.2, 0.25) is 0 Å². The number of alkyl halides is 3. The van der Waals surface area contributed by atoms with Crippen LogP contribution in [-0.2, 0) is 19.7 Å². The molecule has 0 unspecified atom stereocenters. The van der Waals surface area contributed by atoms with Crippen molar-refractivity contribution in [3.8, 4) is 0 Å². The maximum absolute atomic E-state index is 12.9. The lowest BCUT2D eigenvalue weighted by atomic mass is 10.2. The van der Waals surface area contributed by atoms with Gasteiger partial charge in [-0.15, -0.1) is 11.3 Å².